The van der Waals surface area contributed by atoms with E-state index in [0.29, 0.717) is 6.42 Å². The molecule has 0 saturated heterocycles. The van der Waals surface area contributed by atoms with Crippen LogP contribution in [0, 0.1) is 5.41 Å². The van der Waals surface area contributed by atoms with E-state index in [1.165, 1.54) is 0 Å². The highest BCUT2D eigenvalue weighted by Crippen LogP contribution is 2.51. The molecule has 13 heavy (non-hydrogen) atoms. The Morgan fingerprint density at radius 2 is 1.92 bits per heavy atom. The van der Waals surface area contributed by atoms with Crippen LogP contribution >= 0.6 is 7.68 Å². The summed E-state index contributed by atoms with van der Waals surface area (Å²) in [6.45, 7) is 9.34. The predicted octanol–water partition coefficient (Wildman–Crippen LogP) is 4.01. The van der Waals surface area contributed by atoms with E-state index in [4.69, 9.17) is 4.52 Å². The minimum Gasteiger partial charge on any atom is -0.302 e. The van der Waals surface area contributed by atoms with Gasteiger partial charge in [-0.15, -0.1) is 0 Å². The third-order valence-corrected chi connectivity index (χ3v) is 3.64. The third-order valence-electron chi connectivity index (χ3n) is 2.03. The van der Waals surface area contributed by atoms with Crippen molar-refractivity contribution in [3.8, 4) is 0 Å². The van der Waals surface area contributed by atoms with E-state index < -0.39 is 7.68 Å². The average Bonchev–Trinajstić information content (AvgIpc) is 1.83. The van der Waals surface area contributed by atoms with Crippen LogP contribution in [-0.4, -0.2) is 12.3 Å². The highest BCUT2D eigenvalue weighted by molar-refractivity contribution is 7.53. The van der Waals surface area contributed by atoms with Gasteiger partial charge in [-0.2, -0.15) is 4.20 Å². The van der Waals surface area contributed by atoms with Crippen LogP contribution in [0.3, 0.4) is 0 Å². The molecule has 0 aromatic heterocycles. The van der Waals surface area contributed by atoms with Gasteiger partial charge in [0.05, 0.1) is 12.3 Å². The monoisotopic (exact) mass is 210 g/mol. The molecular formula is C9H20FO2P. The lowest BCUT2D eigenvalue weighted by Crippen LogP contribution is -2.24. The van der Waals surface area contributed by atoms with Crippen molar-refractivity contribution in [3.05, 3.63) is 0 Å². The molecule has 2 nitrogen and oxygen atoms in total. The van der Waals surface area contributed by atoms with E-state index in [-0.39, 0.29) is 17.7 Å². The van der Waals surface area contributed by atoms with Gasteiger partial charge < -0.3 is 4.52 Å². The first-order valence-electron chi connectivity index (χ1n) is 4.66. The number of hydrogen-bond donors (Lipinski definition) is 0. The van der Waals surface area contributed by atoms with Crippen molar-refractivity contribution in [2.75, 3.05) is 6.16 Å². The lowest BCUT2D eigenvalue weighted by Gasteiger charge is -2.28. The summed E-state index contributed by atoms with van der Waals surface area (Å²) in [6.07, 6.45) is 0.243. The Morgan fingerprint density at radius 3 is 2.23 bits per heavy atom. The summed E-state index contributed by atoms with van der Waals surface area (Å²) in [7, 11) is -3.85. The lowest BCUT2D eigenvalue weighted by atomic mass is 9.91. The molecule has 0 radical (unpaired) electrons. The van der Waals surface area contributed by atoms with Crippen molar-refractivity contribution in [3.63, 3.8) is 0 Å². The zero-order valence-corrected chi connectivity index (χ0v) is 10.0. The van der Waals surface area contributed by atoms with Crippen LogP contribution in [0.1, 0.15) is 41.0 Å². The third kappa shape index (κ3) is 5.43. The molecular weight excluding hydrogens is 190 g/mol. The van der Waals surface area contributed by atoms with Gasteiger partial charge in [-0.25, -0.2) is 0 Å². The van der Waals surface area contributed by atoms with E-state index in [2.05, 4.69) is 0 Å². The Hall–Kier alpha value is 0.120. The zero-order chi connectivity index (χ0) is 10.7. The van der Waals surface area contributed by atoms with Gasteiger partial charge in [-0.1, -0.05) is 27.7 Å². The summed E-state index contributed by atoms with van der Waals surface area (Å²) in [5.74, 6) is 0. The predicted molar refractivity (Wildman–Crippen MR) is 53.9 cm³/mol. The van der Waals surface area contributed by atoms with Crippen molar-refractivity contribution >= 4 is 7.68 Å². The smallest absolute Gasteiger partial charge is 0.302 e. The highest BCUT2D eigenvalue weighted by atomic mass is 31.2. The molecule has 0 spiro atoms. The minimum atomic E-state index is -3.85. The fraction of sp³-hybridized carbons (Fsp3) is 1.00. The van der Waals surface area contributed by atoms with E-state index in [1.807, 2.05) is 20.8 Å². The summed E-state index contributed by atoms with van der Waals surface area (Å²) in [5.41, 5.74) is -0.171. The molecule has 0 aromatic carbocycles. The van der Waals surface area contributed by atoms with E-state index in [0.717, 1.165) is 0 Å². The van der Waals surface area contributed by atoms with E-state index in [9.17, 15) is 8.76 Å². The number of hydrogen-bond acceptors (Lipinski definition) is 2. The maximum Gasteiger partial charge on any atom is 0.367 e. The SMILES string of the molecule is CCCP(=O)(F)OC(C)C(C)(C)C. The van der Waals surface area contributed by atoms with Crippen LogP contribution < -0.4 is 0 Å². The van der Waals surface area contributed by atoms with Crippen LogP contribution in [-0.2, 0) is 9.09 Å². The minimum absolute atomic E-state index is 0.0213. The first kappa shape index (κ1) is 13.1. The fourth-order valence-electron chi connectivity index (χ4n) is 0.714. The summed E-state index contributed by atoms with van der Waals surface area (Å²) in [4.78, 5) is 0. The Balaban J connectivity index is 4.20. The molecule has 0 aromatic rings. The zero-order valence-electron chi connectivity index (χ0n) is 9.13. The van der Waals surface area contributed by atoms with Gasteiger partial charge in [0.2, 0.25) is 0 Å². The molecule has 2 atom stereocenters. The molecule has 80 valence electrons. The van der Waals surface area contributed by atoms with Crippen LogP contribution in [0.4, 0.5) is 4.20 Å². The fourth-order valence-corrected chi connectivity index (χ4v) is 2.14. The number of rotatable bonds is 4. The molecule has 0 heterocycles. The van der Waals surface area contributed by atoms with Crippen LogP contribution in [0.5, 0.6) is 0 Å². The molecule has 0 aliphatic rings. The second-order valence-electron chi connectivity index (χ2n) is 4.43. The van der Waals surface area contributed by atoms with Gasteiger partial charge in [0, 0.05) is 0 Å². The topological polar surface area (TPSA) is 26.3 Å². The van der Waals surface area contributed by atoms with Crippen LogP contribution in [0.15, 0.2) is 0 Å². The van der Waals surface area contributed by atoms with Crippen molar-refractivity contribution in [2.24, 2.45) is 5.41 Å². The van der Waals surface area contributed by atoms with Crippen molar-refractivity contribution in [1.29, 1.82) is 0 Å². The highest BCUT2D eigenvalue weighted by Gasteiger charge is 2.30. The quantitative estimate of drug-likeness (QED) is 0.655. The Bertz CT molecular complexity index is 198. The van der Waals surface area contributed by atoms with Crippen molar-refractivity contribution in [2.45, 2.75) is 47.1 Å². The maximum absolute atomic E-state index is 13.2. The van der Waals surface area contributed by atoms with Crippen LogP contribution in [0.2, 0.25) is 0 Å². The summed E-state index contributed by atoms with van der Waals surface area (Å²) in [5, 5.41) is 0. The van der Waals surface area contributed by atoms with E-state index in [1.54, 1.807) is 13.8 Å². The second-order valence-corrected chi connectivity index (χ2v) is 6.27. The van der Waals surface area contributed by atoms with Crippen LogP contribution in [0.25, 0.3) is 0 Å². The van der Waals surface area contributed by atoms with Gasteiger partial charge in [-0.05, 0) is 18.8 Å². The molecule has 2 unspecified atom stereocenters. The number of halogens is 1. The Labute approximate surface area is 80.4 Å². The Morgan fingerprint density at radius 1 is 1.46 bits per heavy atom. The first-order valence-corrected chi connectivity index (χ1v) is 6.36. The molecule has 0 amide bonds. The molecule has 0 fully saturated rings. The van der Waals surface area contributed by atoms with E-state index >= 15 is 0 Å². The summed E-state index contributed by atoms with van der Waals surface area (Å²) >= 11 is 0. The first-order chi connectivity index (χ1) is 5.69. The summed E-state index contributed by atoms with van der Waals surface area (Å²) in [6, 6.07) is 0. The largest absolute Gasteiger partial charge is 0.367 e. The van der Waals surface area contributed by atoms with Gasteiger partial charge in [0.1, 0.15) is 0 Å². The molecule has 4 heteroatoms. The van der Waals surface area contributed by atoms with Gasteiger partial charge in [0.25, 0.3) is 0 Å². The molecule has 0 bridgehead atoms. The molecule has 0 N–H and O–H groups in total. The molecule has 0 rings (SSSR count). The summed E-state index contributed by atoms with van der Waals surface area (Å²) < 4.78 is 29.3. The van der Waals surface area contributed by atoms with Gasteiger partial charge in [0.15, 0.2) is 0 Å². The molecule has 0 aliphatic carbocycles. The second kappa shape index (κ2) is 4.56. The van der Waals surface area contributed by atoms with Gasteiger partial charge in [-0.3, -0.25) is 4.57 Å². The van der Waals surface area contributed by atoms with Crippen molar-refractivity contribution < 1.29 is 13.3 Å². The Kier molecular flexibility index (Phi) is 4.61. The maximum atomic E-state index is 13.2. The average molecular weight is 210 g/mol. The molecule has 0 aliphatic heterocycles. The van der Waals surface area contributed by atoms with Gasteiger partial charge >= 0.3 is 7.68 Å². The standard InChI is InChI=1S/C9H20FO2P/c1-6-7-13(10,11)12-8(2)9(3,4)5/h8H,6-7H2,1-5H3. The normalized spacial score (nSPS) is 19.5. The molecule has 0 saturated carbocycles. The van der Waals surface area contributed by atoms with Crippen molar-refractivity contribution in [1.82, 2.24) is 0 Å². The lowest BCUT2D eigenvalue weighted by molar-refractivity contribution is 0.0972.